The summed E-state index contributed by atoms with van der Waals surface area (Å²) in [5.41, 5.74) is 5.51. The molecule has 1 unspecified atom stereocenters. The van der Waals surface area contributed by atoms with Crippen molar-refractivity contribution in [2.75, 3.05) is 12.4 Å². The van der Waals surface area contributed by atoms with Gasteiger partial charge in [-0.3, -0.25) is 30.0 Å². The second-order valence-corrected chi connectivity index (χ2v) is 9.33. The van der Waals surface area contributed by atoms with Gasteiger partial charge in [-0.25, -0.2) is 0 Å². The van der Waals surface area contributed by atoms with Crippen LogP contribution in [0.4, 0.5) is 5.69 Å². The van der Waals surface area contributed by atoms with E-state index in [1.54, 1.807) is 56.3 Å². The van der Waals surface area contributed by atoms with Crippen molar-refractivity contribution in [2.45, 2.75) is 19.9 Å². The van der Waals surface area contributed by atoms with E-state index in [-0.39, 0.29) is 27.8 Å². The van der Waals surface area contributed by atoms with Crippen molar-refractivity contribution in [2.24, 2.45) is 5.92 Å². The smallest absolute Gasteiger partial charge is 0.271 e. The number of hydrogen-bond donors (Lipinski definition) is 4. The maximum atomic E-state index is 13.1. The van der Waals surface area contributed by atoms with Crippen LogP contribution in [0.1, 0.15) is 44.9 Å². The molecule has 3 rings (SSSR count). The standard InChI is InChI=1S/C27H26Cl2N4O5/c1-15(2)23(27(37)33-32-26(36)19-13-10-17(28)14-21(19)29)31-25(35)20-6-4-5-7-22(20)30-24(34)16-8-11-18(38-3)12-9-16/h4-15,23H,1-3H3,(H,30,34)(H,31,35)(H,32,36)(H,33,37). The van der Waals surface area contributed by atoms with Crippen molar-refractivity contribution in [1.82, 2.24) is 16.2 Å². The third kappa shape index (κ3) is 7.24. The van der Waals surface area contributed by atoms with Crippen LogP contribution in [0.3, 0.4) is 0 Å². The zero-order chi connectivity index (χ0) is 27.8. The van der Waals surface area contributed by atoms with Gasteiger partial charge in [0.2, 0.25) is 0 Å². The van der Waals surface area contributed by atoms with E-state index in [2.05, 4.69) is 21.5 Å². The fraction of sp³-hybridized carbons (Fsp3) is 0.185. The summed E-state index contributed by atoms with van der Waals surface area (Å²) in [7, 11) is 1.53. The Morgan fingerprint density at radius 2 is 1.47 bits per heavy atom. The molecule has 9 nitrogen and oxygen atoms in total. The zero-order valence-corrected chi connectivity index (χ0v) is 22.3. The van der Waals surface area contributed by atoms with Gasteiger partial charge < -0.3 is 15.4 Å². The topological polar surface area (TPSA) is 126 Å². The number of nitrogens with one attached hydrogen (secondary N) is 4. The molecule has 0 aromatic heterocycles. The number of hydrazine groups is 1. The summed E-state index contributed by atoms with van der Waals surface area (Å²) in [5.74, 6) is -2.04. The number of carbonyl (C=O) groups excluding carboxylic acids is 4. The molecule has 0 spiro atoms. The average Bonchev–Trinajstić information content (AvgIpc) is 2.90. The molecule has 198 valence electrons. The van der Waals surface area contributed by atoms with E-state index in [4.69, 9.17) is 27.9 Å². The summed E-state index contributed by atoms with van der Waals surface area (Å²) in [6.45, 7) is 3.47. The summed E-state index contributed by atoms with van der Waals surface area (Å²) < 4.78 is 5.10. The molecule has 0 aliphatic carbocycles. The second-order valence-electron chi connectivity index (χ2n) is 8.49. The van der Waals surface area contributed by atoms with Gasteiger partial charge in [0.25, 0.3) is 23.6 Å². The Kier molecular flexibility index (Phi) is 9.70. The quantitative estimate of drug-likeness (QED) is 0.304. The summed E-state index contributed by atoms with van der Waals surface area (Å²) in [6.07, 6.45) is 0. The molecule has 3 aromatic carbocycles. The van der Waals surface area contributed by atoms with Crippen LogP contribution >= 0.6 is 23.2 Å². The minimum atomic E-state index is -1.01. The largest absolute Gasteiger partial charge is 0.497 e. The maximum absolute atomic E-state index is 13.1. The minimum absolute atomic E-state index is 0.114. The molecule has 0 heterocycles. The van der Waals surface area contributed by atoms with Gasteiger partial charge in [0, 0.05) is 10.6 Å². The molecule has 3 aromatic rings. The van der Waals surface area contributed by atoms with Gasteiger partial charge in [-0.05, 0) is 60.5 Å². The first-order valence-corrected chi connectivity index (χ1v) is 12.3. The SMILES string of the molecule is COc1ccc(C(=O)Nc2ccccc2C(=O)NC(C(=O)NNC(=O)c2ccc(Cl)cc2Cl)C(C)C)cc1. The van der Waals surface area contributed by atoms with E-state index < -0.39 is 29.7 Å². The Balaban J connectivity index is 1.68. The molecule has 0 bridgehead atoms. The van der Waals surface area contributed by atoms with E-state index in [1.165, 1.54) is 31.4 Å². The minimum Gasteiger partial charge on any atom is -0.497 e. The third-order valence-corrected chi connectivity index (χ3v) is 6.03. The third-order valence-electron chi connectivity index (χ3n) is 5.48. The molecule has 0 aliphatic heterocycles. The van der Waals surface area contributed by atoms with Gasteiger partial charge in [0.15, 0.2) is 0 Å². The first-order chi connectivity index (χ1) is 18.1. The molecule has 1 atom stereocenters. The van der Waals surface area contributed by atoms with Gasteiger partial charge in [0.1, 0.15) is 11.8 Å². The van der Waals surface area contributed by atoms with Gasteiger partial charge in [-0.15, -0.1) is 0 Å². The normalized spacial score (nSPS) is 11.3. The Hall–Kier alpha value is -4.08. The summed E-state index contributed by atoms with van der Waals surface area (Å²) in [5, 5.41) is 5.87. The number of methoxy groups -OCH3 is 1. The molecule has 4 N–H and O–H groups in total. The molecule has 0 saturated carbocycles. The Labute approximate surface area is 229 Å². The lowest BCUT2D eigenvalue weighted by Gasteiger charge is -2.22. The Bertz CT molecular complexity index is 1350. The van der Waals surface area contributed by atoms with Gasteiger partial charge in [-0.1, -0.05) is 49.2 Å². The van der Waals surface area contributed by atoms with Crippen molar-refractivity contribution >= 4 is 52.5 Å². The highest BCUT2D eigenvalue weighted by Crippen LogP contribution is 2.21. The van der Waals surface area contributed by atoms with Gasteiger partial charge in [0.05, 0.1) is 28.9 Å². The number of para-hydroxylation sites is 1. The van der Waals surface area contributed by atoms with Crippen LogP contribution in [0.15, 0.2) is 66.7 Å². The Morgan fingerprint density at radius 3 is 2.11 bits per heavy atom. The predicted molar refractivity (Wildman–Crippen MR) is 146 cm³/mol. The lowest BCUT2D eigenvalue weighted by atomic mass is 10.0. The number of carbonyl (C=O) groups is 4. The van der Waals surface area contributed by atoms with Crippen molar-refractivity contribution < 1.29 is 23.9 Å². The molecule has 0 fully saturated rings. The second kappa shape index (κ2) is 12.9. The number of hydrogen-bond acceptors (Lipinski definition) is 5. The van der Waals surface area contributed by atoms with E-state index in [0.29, 0.717) is 16.3 Å². The average molecular weight is 557 g/mol. The summed E-state index contributed by atoms with van der Waals surface area (Å²) >= 11 is 11.9. The van der Waals surface area contributed by atoms with Crippen LogP contribution in [0, 0.1) is 5.92 Å². The van der Waals surface area contributed by atoms with Crippen LogP contribution in [0.2, 0.25) is 10.0 Å². The number of amides is 4. The van der Waals surface area contributed by atoms with Crippen LogP contribution in [0.5, 0.6) is 5.75 Å². The van der Waals surface area contributed by atoms with Crippen LogP contribution in [0.25, 0.3) is 0 Å². The summed E-state index contributed by atoms with van der Waals surface area (Å²) in [6, 6.07) is 16.2. The number of anilines is 1. The molecular formula is C27H26Cl2N4O5. The monoisotopic (exact) mass is 556 g/mol. The van der Waals surface area contributed by atoms with E-state index in [1.807, 2.05) is 0 Å². The van der Waals surface area contributed by atoms with Crippen molar-refractivity contribution in [3.8, 4) is 5.75 Å². The first kappa shape index (κ1) is 28.5. The fourth-order valence-electron chi connectivity index (χ4n) is 3.42. The highest BCUT2D eigenvalue weighted by Gasteiger charge is 2.26. The Morgan fingerprint density at radius 1 is 0.789 bits per heavy atom. The van der Waals surface area contributed by atoms with Gasteiger partial charge in [-0.2, -0.15) is 0 Å². The lowest BCUT2D eigenvalue weighted by molar-refractivity contribution is -0.124. The van der Waals surface area contributed by atoms with Gasteiger partial charge >= 0.3 is 0 Å². The fourth-order valence-corrected chi connectivity index (χ4v) is 3.91. The number of benzene rings is 3. The zero-order valence-electron chi connectivity index (χ0n) is 20.8. The molecule has 0 saturated heterocycles. The highest BCUT2D eigenvalue weighted by atomic mass is 35.5. The highest BCUT2D eigenvalue weighted by molar-refractivity contribution is 6.36. The molecule has 0 aliphatic rings. The predicted octanol–water partition coefficient (Wildman–Crippen LogP) is 4.47. The van der Waals surface area contributed by atoms with Crippen LogP contribution < -0.4 is 26.2 Å². The molecule has 4 amide bonds. The van der Waals surface area contributed by atoms with Crippen molar-refractivity contribution in [3.05, 3.63) is 93.5 Å². The number of halogens is 2. The number of ether oxygens (including phenoxy) is 1. The van der Waals surface area contributed by atoms with Crippen LogP contribution in [-0.2, 0) is 4.79 Å². The molecule has 38 heavy (non-hydrogen) atoms. The van der Waals surface area contributed by atoms with E-state index in [0.717, 1.165) is 0 Å². The molecular weight excluding hydrogens is 531 g/mol. The number of rotatable bonds is 8. The lowest BCUT2D eigenvalue weighted by Crippen LogP contribution is -2.54. The van der Waals surface area contributed by atoms with E-state index >= 15 is 0 Å². The molecule has 11 heteroatoms. The summed E-state index contributed by atoms with van der Waals surface area (Å²) in [4.78, 5) is 51.2. The van der Waals surface area contributed by atoms with E-state index in [9.17, 15) is 19.2 Å². The first-order valence-electron chi connectivity index (χ1n) is 11.5. The molecule has 0 radical (unpaired) electrons. The van der Waals surface area contributed by atoms with Crippen molar-refractivity contribution in [1.29, 1.82) is 0 Å². The van der Waals surface area contributed by atoms with Crippen molar-refractivity contribution in [3.63, 3.8) is 0 Å². The van der Waals surface area contributed by atoms with Crippen LogP contribution in [-0.4, -0.2) is 36.8 Å². The maximum Gasteiger partial charge on any atom is 0.271 e.